The molecular weight excluding hydrogens is 250 g/mol. The van der Waals surface area contributed by atoms with Crippen LogP contribution in [0.5, 0.6) is 0 Å². The lowest BCUT2D eigenvalue weighted by molar-refractivity contribution is 0.541. The van der Waals surface area contributed by atoms with Crippen molar-refractivity contribution in [1.82, 2.24) is 5.32 Å². The van der Waals surface area contributed by atoms with Gasteiger partial charge in [0.1, 0.15) is 0 Å². The highest BCUT2D eigenvalue weighted by Crippen LogP contribution is 2.39. The molecule has 2 atom stereocenters. The summed E-state index contributed by atoms with van der Waals surface area (Å²) in [6.07, 6.45) is 0. The van der Waals surface area contributed by atoms with Gasteiger partial charge in [-0.25, -0.2) is 0 Å². The van der Waals surface area contributed by atoms with Crippen molar-refractivity contribution >= 4 is 11.8 Å². The predicted molar refractivity (Wildman–Crippen MR) is 82.8 cm³/mol. The maximum absolute atomic E-state index is 3.67. The van der Waals surface area contributed by atoms with E-state index in [0.29, 0.717) is 12.0 Å². The summed E-state index contributed by atoms with van der Waals surface area (Å²) in [4.78, 5) is 1.46. The van der Waals surface area contributed by atoms with Crippen LogP contribution in [0.4, 0.5) is 0 Å². The van der Waals surface area contributed by atoms with Gasteiger partial charge in [0.15, 0.2) is 0 Å². The summed E-state index contributed by atoms with van der Waals surface area (Å²) in [6.45, 7) is 3.30. The van der Waals surface area contributed by atoms with Gasteiger partial charge in [-0.3, -0.25) is 0 Å². The van der Waals surface area contributed by atoms with Crippen LogP contribution in [0.2, 0.25) is 0 Å². The molecule has 1 N–H and O–H groups in total. The fourth-order valence-electron chi connectivity index (χ4n) is 2.58. The Bertz CT molecular complexity index is 538. The highest BCUT2D eigenvalue weighted by Gasteiger charge is 2.22. The third-order valence-electron chi connectivity index (χ3n) is 3.77. The van der Waals surface area contributed by atoms with Gasteiger partial charge in [-0.15, -0.1) is 11.8 Å². The molecule has 1 heterocycles. The molecule has 1 aliphatic heterocycles. The Hall–Kier alpha value is -1.25. The lowest BCUT2D eigenvalue weighted by atomic mass is 10.0. The second-order valence-electron chi connectivity index (χ2n) is 5.09. The molecule has 19 heavy (non-hydrogen) atoms. The van der Waals surface area contributed by atoms with E-state index in [4.69, 9.17) is 0 Å². The minimum Gasteiger partial charge on any atom is -0.310 e. The molecule has 0 spiro atoms. The van der Waals surface area contributed by atoms with Crippen molar-refractivity contribution in [2.75, 3.05) is 12.3 Å². The molecule has 3 rings (SSSR count). The molecule has 0 radical (unpaired) electrons. The Morgan fingerprint density at radius 2 is 1.84 bits per heavy atom. The molecule has 0 aromatic heterocycles. The average Bonchev–Trinajstić information content (AvgIpc) is 2.89. The van der Waals surface area contributed by atoms with E-state index in [9.17, 15) is 0 Å². The lowest BCUT2D eigenvalue weighted by Crippen LogP contribution is -2.24. The summed E-state index contributed by atoms with van der Waals surface area (Å²) in [5.74, 6) is 1.85. The van der Waals surface area contributed by atoms with Crippen LogP contribution in [-0.2, 0) is 0 Å². The van der Waals surface area contributed by atoms with Crippen LogP contribution in [0.3, 0.4) is 0 Å². The van der Waals surface area contributed by atoms with E-state index in [-0.39, 0.29) is 0 Å². The third-order valence-corrected chi connectivity index (χ3v) is 5.02. The monoisotopic (exact) mass is 269 g/mol. The molecule has 0 bridgehead atoms. The highest BCUT2D eigenvalue weighted by molar-refractivity contribution is 7.99. The van der Waals surface area contributed by atoms with Crippen molar-refractivity contribution in [3.8, 4) is 0 Å². The maximum Gasteiger partial charge on any atom is 0.0292 e. The SMILES string of the molecule is CC(NCC1CSc2ccccc21)c1ccccc1. The summed E-state index contributed by atoms with van der Waals surface area (Å²) >= 11 is 1.98. The minimum absolute atomic E-state index is 0.416. The molecule has 2 heteroatoms. The quantitative estimate of drug-likeness (QED) is 0.891. The molecule has 0 fully saturated rings. The molecule has 98 valence electrons. The Morgan fingerprint density at radius 3 is 2.68 bits per heavy atom. The first-order valence-electron chi connectivity index (χ1n) is 6.84. The van der Waals surface area contributed by atoms with Gasteiger partial charge in [0.05, 0.1) is 0 Å². The van der Waals surface area contributed by atoms with Gasteiger partial charge in [-0.2, -0.15) is 0 Å². The largest absolute Gasteiger partial charge is 0.310 e. The Balaban J connectivity index is 1.62. The molecule has 0 aliphatic carbocycles. The molecule has 0 saturated heterocycles. The standard InChI is InChI=1S/C17H19NS/c1-13(14-7-3-2-4-8-14)18-11-15-12-19-17-10-6-5-9-16(15)17/h2-10,13,15,18H,11-12H2,1H3. The third kappa shape index (κ3) is 2.85. The van der Waals surface area contributed by atoms with E-state index < -0.39 is 0 Å². The van der Waals surface area contributed by atoms with Gasteiger partial charge in [0, 0.05) is 29.2 Å². The van der Waals surface area contributed by atoms with Gasteiger partial charge >= 0.3 is 0 Å². The zero-order valence-electron chi connectivity index (χ0n) is 11.2. The molecular formula is C17H19NS. The molecule has 0 amide bonds. The first-order valence-corrected chi connectivity index (χ1v) is 7.83. The fourth-order valence-corrected chi connectivity index (χ4v) is 3.83. The van der Waals surface area contributed by atoms with Crippen molar-refractivity contribution in [2.24, 2.45) is 0 Å². The van der Waals surface area contributed by atoms with E-state index >= 15 is 0 Å². The topological polar surface area (TPSA) is 12.0 Å². The number of rotatable bonds is 4. The number of hydrogen-bond acceptors (Lipinski definition) is 2. The zero-order valence-corrected chi connectivity index (χ0v) is 12.0. The lowest BCUT2D eigenvalue weighted by Gasteiger charge is -2.18. The van der Waals surface area contributed by atoms with Gasteiger partial charge < -0.3 is 5.32 Å². The molecule has 2 aromatic rings. The fraction of sp³-hybridized carbons (Fsp3) is 0.294. The summed E-state index contributed by atoms with van der Waals surface area (Å²) in [5.41, 5.74) is 2.88. The van der Waals surface area contributed by atoms with E-state index in [1.165, 1.54) is 21.8 Å². The van der Waals surface area contributed by atoms with Crippen LogP contribution < -0.4 is 5.32 Å². The van der Waals surface area contributed by atoms with E-state index in [2.05, 4.69) is 66.8 Å². The van der Waals surface area contributed by atoms with E-state index in [0.717, 1.165) is 6.54 Å². The van der Waals surface area contributed by atoms with Gasteiger partial charge in [-0.1, -0.05) is 48.5 Å². The van der Waals surface area contributed by atoms with Crippen LogP contribution >= 0.6 is 11.8 Å². The number of fused-ring (bicyclic) bond motifs is 1. The van der Waals surface area contributed by atoms with E-state index in [1.807, 2.05) is 11.8 Å². The second-order valence-corrected chi connectivity index (χ2v) is 6.15. The Labute approximate surface area is 119 Å². The smallest absolute Gasteiger partial charge is 0.0292 e. The van der Waals surface area contributed by atoms with Gasteiger partial charge in [-0.05, 0) is 24.1 Å². The molecule has 1 aliphatic rings. The summed E-state index contributed by atoms with van der Waals surface area (Å²) in [5, 5.41) is 3.67. The Morgan fingerprint density at radius 1 is 1.11 bits per heavy atom. The summed E-state index contributed by atoms with van der Waals surface area (Å²) in [6, 6.07) is 19.9. The predicted octanol–water partition coefficient (Wildman–Crippen LogP) is 4.23. The maximum atomic E-state index is 3.67. The molecule has 2 aromatic carbocycles. The van der Waals surface area contributed by atoms with Crippen molar-refractivity contribution in [1.29, 1.82) is 0 Å². The molecule has 0 saturated carbocycles. The first-order chi connectivity index (χ1) is 9.34. The van der Waals surface area contributed by atoms with Gasteiger partial charge in [0.2, 0.25) is 0 Å². The van der Waals surface area contributed by atoms with Crippen molar-refractivity contribution < 1.29 is 0 Å². The number of nitrogens with one attached hydrogen (secondary N) is 1. The summed E-state index contributed by atoms with van der Waals surface area (Å²) < 4.78 is 0. The second kappa shape index (κ2) is 5.81. The average molecular weight is 269 g/mol. The zero-order chi connectivity index (χ0) is 13.1. The van der Waals surface area contributed by atoms with Crippen molar-refractivity contribution in [2.45, 2.75) is 23.8 Å². The molecule has 2 unspecified atom stereocenters. The van der Waals surface area contributed by atoms with Crippen LogP contribution in [0, 0.1) is 0 Å². The molecule has 1 nitrogen and oxygen atoms in total. The van der Waals surface area contributed by atoms with Crippen LogP contribution in [0.25, 0.3) is 0 Å². The normalized spacial score (nSPS) is 19.1. The van der Waals surface area contributed by atoms with E-state index in [1.54, 1.807) is 0 Å². The van der Waals surface area contributed by atoms with Gasteiger partial charge in [0.25, 0.3) is 0 Å². The number of benzene rings is 2. The van der Waals surface area contributed by atoms with Crippen LogP contribution in [0.1, 0.15) is 30.0 Å². The van der Waals surface area contributed by atoms with Crippen LogP contribution in [-0.4, -0.2) is 12.3 Å². The summed E-state index contributed by atoms with van der Waals surface area (Å²) in [7, 11) is 0. The Kier molecular flexibility index (Phi) is 3.90. The minimum atomic E-state index is 0.416. The van der Waals surface area contributed by atoms with Crippen molar-refractivity contribution in [3.05, 3.63) is 65.7 Å². The number of hydrogen-bond donors (Lipinski definition) is 1. The first kappa shape index (κ1) is 12.8. The highest BCUT2D eigenvalue weighted by atomic mass is 32.2. The van der Waals surface area contributed by atoms with Crippen molar-refractivity contribution in [3.63, 3.8) is 0 Å². The number of thioether (sulfide) groups is 1. The van der Waals surface area contributed by atoms with Crippen LogP contribution in [0.15, 0.2) is 59.5 Å².